The molecule has 0 saturated carbocycles. The average Bonchev–Trinajstić information content (AvgIpc) is 1.89. The first kappa shape index (κ1) is 16.4. The SMILES string of the molecule is C=CC(=O)O.[CH2-]CCC.[Li+]. The first-order valence-corrected chi connectivity index (χ1v) is 2.83. The van der Waals surface area contributed by atoms with Gasteiger partial charge in [-0.25, -0.2) is 4.79 Å². The molecule has 0 heterocycles. The van der Waals surface area contributed by atoms with Crippen LogP contribution in [0.2, 0.25) is 0 Å². The molecule has 10 heavy (non-hydrogen) atoms. The zero-order valence-corrected chi connectivity index (χ0v) is 6.76. The molecular weight excluding hydrogens is 123 g/mol. The van der Waals surface area contributed by atoms with Crippen molar-refractivity contribution in [3.8, 4) is 0 Å². The summed E-state index contributed by atoms with van der Waals surface area (Å²) in [5.74, 6) is -0.981. The van der Waals surface area contributed by atoms with E-state index < -0.39 is 5.97 Å². The van der Waals surface area contributed by atoms with Gasteiger partial charge in [0.1, 0.15) is 0 Å². The molecule has 0 unspecified atom stereocenters. The number of aliphatic carboxylic acids is 1. The molecule has 0 aliphatic carbocycles. The summed E-state index contributed by atoms with van der Waals surface area (Å²) in [7, 11) is 0. The van der Waals surface area contributed by atoms with E-state index in [-0.39, 0.29) is 18.9 Å². The third kappa shape index (κ3) is 45.9. The van der Waals surface area contributed by atoms with E-state index in [1.165, 1.54) is 6.42 Å². The van der Waals surface area contributed by atoms with Crippen LogP contribution in [0.3, 0.4) is 0 Å². The zero-order valence-electron chi connectivity index (χ0n) is 6.76. The van der Waals surface area contributed by atoms with Gasteiger partial charge in [0.25, 0.3) is 0 Å². The Labute approximate surface area is 74.5 Å². The Morgan fingerprint density at radius 1 is 1.80 bits per heavy atom. The molecule has 0 atom stereocenters. The fraction of sp³-hybridized carbons (Fsp3) is 0.429. The van der Waals surface area contributed by atoms with Gasteiger partial charge in [0.15, 0.2) is 0 Å². The molecule has 2 nitrogen and oxygen atoms in total. The van der Waals surface area contributed by atoms with Gasteiger partial charge < -0.3 is 12.0 Å². The normalized spacial score (nSPS) is 6.20. The van der Waals surface area contributed by atoms with Gasteiger partial charge >= 0.3 is 24.8 Å². The molecule has 0 rings (SSSR count). The first-order chi connectivity index (χ1) is 4.18. The predicted octanol–water partition coefficient (Wildman–Crippen LogP) is -1.12. The third-order valence-electron chi connectivity index (χ3n) is 0.528. The molecule has 0 aromatic heterocycles. The Balaban J connectivity index is -0.0000000910. The molecule has 0 saturated heterocycles. The molecule has 0 aliphatic heterocycles. The van der Waals surface area contributed by atoms with Crippen molar-refractivity contribution in [1.29, 1.82) is 0 Å². The molecule has 0 aromatic rings. The van der Waals surface area contributed by atoms with Gasteiger partial charge in [0.2, 0.25) is 0 Å². The number of hydrogen-bond acceptors (Lipinski definition) is 1. The van der Waals surface area contributed by atoms with Crippen molar-refractivity contribution in [3.63, 3.8) is 0 Å². The number of carboxylic acids is 1. The Hall–Kier alpha value is -0.193. The van der Waals surface area contributed by atoms with E-state index in [2.05, 4.69) is 20.4 Å². The molecule has 0 fully saturated rings. The zero-order chi connectivity index (χ0) is 7.70. The molecule has 3 heteroatoms. The summed E-state index contributed by atoms with van der Waals surface area (Å²) in [6.07, 6.45) is 3.11. The minimum absolute atomic E-state index is 0. The fourth-order valence-electron chi connectivity index (χ4n) is 0. The number of carbonyl (C=O) groups is 1. The van der Waals surface area contributed by atoms with E-state index in [1.807, 2.05) is 0 Å². The standard InChI is InChI=1S/C4H9.C3H4O2.Li/c1-3-4-2;1-2-3(4)5;/h1,3-4H2,2H3;2H,1H2,(H,4,5);/q-1;;+1. The van der Waals surface area contributed by atoms with Crippen LogP contribution in [0.1, 0.15) is 19.8 Å². The van der Waals surface area contributed by atoms with E-state index in [1.54, 1.807) is 0 Å². The van der Waals surface area contributed by atoms with Gasteiger partial charge in [-0.1, -0.05) is 19.9 Å². The number of carboxylic acid groups (broad SMARTS) is 1. The second-order valence-corrected chi connectivity index (χ2v) is 1.40. The molecular formula is C7H13LiO2. The van der Waals surface area contributed by atoms with Crippen molar-refractivity contribution >= 4 is 5.97 Å². The van der Waals surface area contributed by atoms with Crippen LogP contribution in [0.25, 0.3) is 0 Å². The van der Waals surface area contributed by atoms with Crippen LogP contribution >= 0.6 is 0 Å². The van der Waals surface area contributed by atoms with Gasteiger partial charge in [-0.2, -0.15) is 6.42 Å². The summed E-state index contributed by atoms with van der Waals surface area (Å²) in [6.45, 7) is 8.68. The van der Waals surface area contributed by atoms with Gasteiger partial charge in [-0.15, -0.1) is 0 Å². The summed E-state index contributed by atoms with van der Waals surface area (Å²) in [5.41, 5.74) is 0. The second-order valence-electron chi connectivity index (χ2n) is 1.40. The summed E-state index contributed by atoms with van der Waals surface area (Å²) in [5, 5.41) is 7.60. The Morgan fingerprint density at radius 3 is 2.00 bits per heavy atom. The molecule has 1 N–H and O–H groups in total. The van der Waals surface area contributed by atoms with E-state index in [0.717, 1.165) is 12.5 Å². The number of hydrogen-bond donors (Lipinski definition) is 1. The monoisotopic (exact) mass is 136 g/mol. The van der Waals surface area contributed by atoms with Crippen molar-refractivity contribution in [1.82, 2.24) is 0 Å². The van der Waals surface area contributed by atoms with Crippen molar-refractivity contribution in [3.05, 3.63) is 19.6 Å². The molecule has 0 aliphatic rings. The van der Waals surface area contributed by atoms with Gasteiger partial charge in [-0.3, -0.25) is 0 Å². The van der Waals surface area contributed by atoms with Crippen LogP contribution in [-0.2, 0) is 4.79 Å². The largest absolute Gasteiger partial charge is 1.00 e. The van der Waals surface area contributed by atoms with Crippen molar-refractivity contribution in [2.45, 2.75) is 19.8 Å². The van der Waals surface area contributed by atoms with Crippen LogP contribution in [-0.4, -0.2) is 11.1 Å². The second kappa shape index (κ2) is 15.9. The molecule has 0 spiro atoms. The van der Waals surface area contributed by atoms with Crippen LogP contribution < -0.4 is 18.9 Å². The summed E-state index contributed by atoms with van der Waals surface area (Å²) in [6, 6.07) is 0. The fourth-order valence-corrected chi connectivity index (χ4v) is 0. The smallest absolute Gasteiger partial charge is 0.478 e. The average molecular weight is 136 g/mol. The maximum absolute atomic E-state index is 9.25. The van der Waals surface area contributed by atoms with Crippen LogP contribution in [0.15, 0.2) is 12.7 Å². The van der Waals surface area contributed by atoms with Gasteiger partial charge in [-0.05, 0) is 0 Å². The topological polar surface area (TPSA) is 37.3 Å². The van der Waals surface area contributed by atoms with E-state index in [9.17, 15) is 4.79 Å². The molecule has 0 amide bonds. The Morgan fingerprint density at radius 2 is 2.00 bits per heavy atom. The van der Waals surface area contributed by atoms with Gasteiger partial charge in [0.05, 0.1) is 0 Å². The molecule has 0 aromatic carbocycles. The maximum atomic E-state index is 9.25. The minimum Gasteiger partial charge on any atom is -0.478 e. The summed E-state index contributed by atoms with van der Waals surface area (Å²) < 4.78 is 0. The minimum atomic E-state index is -0.981. The first-order valence-electron chi connectivity index (χ1n) is 2.83. The van der Waals surface area contributed by atoms with Gasteiger partial charge in [0, 0.05) is 6.08 Å². The summed E-state index contributed by atoms with van der Waals surface area (Å²) >= 11 is 0. The van der Waals surface area contributed by atoms with E-state index in [4.69, 9.17) is 5.11 Å². The van der Waals surface area contributed by atoms with E-state index in [0.29, 0.717) is 0 Å². The van der Waals surface area contributed by atoms with Crippen LogP contribution in [0, 0.1) is 6.92 Å². The molecule has 0 bridgehead atoms. The quantitative estimate of drug-likeness (QED) is 0.296. The Bertz CT molecular complexity index is 79.7. The van der Waals surface area contributed by atoms with E-state index >= 15 is 0 Å². The number of unbranched alkanes of at least 4 members (excludes halogenated alkanes) is 1. The summed E-state index contributed by atoms with van der Waals surface area (Å²) in [4.78, 5) is 9.25. The van der Waals surface area contributed by atoms with Crippen molar-refractivity contribution in [2.24, 2.45) is 0 Å². The molecule has 0 radical (unpaired) electrons. The van der Waals surface area contributed by atoms with Crippen LogP contribution in [0.5, 0.6) is 0 Å². The van der Waals surface area contributed by atoms with Crippen molar-refractivity contribution in [2.75, 3.05) is 0 Å². The predicted molar refractivity (Wildman–Crippen MR) is 38.1 cm³/mol. The van der Waals surface area contributed by atoms with Crippen molar-refractivity contribution < 1.29 is 28.8 Å². The van der Waals surface area contributed by atoms with Crippen LogP contribution in [0.4, 0.5) is 0 Å². The number of rotatable bonds is 2. The maximum Gasteiger partial charge on any atom is 1.00 e. The molecule has 54 valence electrons. The third-order valence-corrected chi connectivity index (χ3v) is 0.528. The Kier molecular flexibility index (Phi) is 26.1.